The maximum absolute atomic E-state index is 12.8. The van der Waals surface area contributed by atoms with E-state index in [9.17, 15) is 5.53 Å². The number of benzene rings is 2. The number of nitrogens with zero attached hydrogens (tertiary/aromatic N) is 4. The van der Waals surface area contributed by atoms with Gasteiger partial charge in [-0.05, 0) is 160 Å². The molecule has 1 aliphatic rings. The summed E-state index contributed by atoms with van der Waals surface area (Å²) in [5.74, 6) is 0. The first-order valence-corrected chi connectivity index (χ1v) is 26.3. The normalized spacial score (nSPS) is 13.1. The fourth-order valence-corrected chi connectivity index (χ4v) is 9.40. The Labute approximate surface area is 379 Å². The minimum absolute atomic E-state index is 1.03. The third-order valence-corrected chi connectivity index (χ3v) is 13.7. The van der Waals surface area contributed by atoms with Crippen molar-refractivity contribution < 1.29 is 19.6 Å². The van der Waals surface area contributed by atoms with Gasteiger partial charge in [0.25, 0.3) is 0 Å². The zero-order chi connectivity index (χ0) is 44.3. The van der Waals surface area contributed by atoms with Gasteiger partial charge in [0, 0.05) is 22.3 Å². The molecule has 2 aromatic carbocycles. The van der Waals surface area contributed by atoms with Gasteiger partial charge in [0.05, 0.1) is 0 Å². The molecule has 0 atom stereocenters. The molecular formula is C55H94N4Ni. The summed E-state index contributed by atoms with van der Waals surface area (Å²) in [4.78, 5) is 0. The molecule has 3 rings (SSSR count). The molecule has 0 unspecified atom stereocenters. The van der Waals surface area contributed by atoms with E-state index in [1.165, 1.54) is 154 Å². The molecule has 5 heteroatoms. The van der Waals surface area contributed by atoms with Crippen molar-refractivity contribution in [1.29, 1.82) is 0 Å². The number of hydrogen-bond acceptors (Lipinski definition) is 2. The van der Waals surface area contributed by atoms with E-state index in [1.807, 2.05) is 0 Å². The van der Waals surface area contributed by atoms with Crippen molar-refractivity contribution in [3.05, 3.63) is 85.5 Å². The van der Waals surface area contributed by atoms with E-state index in [0.717, 1.165) is 75.9 Å². The Balaban J connectivity index is 0.00000123. The third kappa shape index (κ3) is 17.2. The predicted octanol–water partition coefficient (Wildman–Crippen LogP) is 16.5. The maximum atomic E-state index is 12.8. The zero-order valence-corrected chi connectivity index (χ0v) is 42.5. The molecule has 4 nitrogen and oxygen atoms in total. The van der Waals surface area contributed by atoms with Gasteiger partial charge >= 0.3 is 63.9 Å². The van der Waals surface area contributed by atoms with Gasteiger partial charge in [0.1, 0.15) is 0 Å². The summed E-state index contributed by atoms with van der Waals surface area (Å²) < 4.78 is 6.14. The summed E-state index contributed by atoms with van der Waals surface area (Å²) in [6, 6.07) is 10.1. The Morgan fingerprint density at radius 3 is 0.983 bits per heavy atom. The van der Waals surface area contributed by atoms with Crippen molar-refractivity contribution in [2.24, 2.45) is 0 Å². The first kappa shape index (κ1) is 54.1. The molecule has 0 N–H and O–H groups in total. The van der Waals surface area contributed by atoms with Crippen LogP contribution in [0.25, 0.3) is 16.9 Å². The van der Waals surface area contributed by atoms with E-state index < -0.39 is 0 Å². The third-order valence-electron chi connectivity index (χ3n) is 12.4. The fraction of sp³-hybridized carbons (Fsp3) is 0.709. The van der Waals surface area contributed by atoms with Gasteiger partial charge in [0.15, 0.2) is 0 Å². The Morgan fingerprint density at radius 1 is 0.400 bits per heavy atom. The van der Waals surface area contributed by atoms with E-state index in [0.29, 0.717) is 0 Å². The van der Waals surface area contributed by atoms with Gasteiger partial charge in [-0.2, -0.15) is 0 Å². The van der Waals surface area contributed by atoms with Crippen molar-refractivity contribution in [1.82, 2.24) is 7.96 Å². The fourth-order valence-electron chi connectivity index (χ4n) is 8.54. The summed E-state index contributed by atoms with van der Waals surface area (Å²) >= 11 is 1.59. The number of allylic oxidation sites excluding steroid dienone is 2. The molecule has 0 aliphatic carbocycles. The molecule has 1 aliphatic heterocycles. The molecule has 344 valence electrons. The van der Waals surface area contributed by atoms with Gasteiger partial charge in [-0.3, -0.25) is 0 Å². The van der Waals surface area contributed by atoms with Crippen molar-refractivity contribution in [2.45, 2.75) is 230 Å². The van der Waals surface area contributed by atoms with Crippen LogP contribution in [0.1, 0.15) is 236 Å². The molecule has 0 amide bonds. The van der Waals surface area contributed by atoms with Crippen molar-refractivity contribution in [3.8, 4) is 0 Å². The van der Waals surface area contributed by atoms with Gasteiger partial charge in [-0.25, -0.2) is 4.70 Å². The van der Waals surface area contributed by atoms with Gasteiger partial charge < -0.3 is 5.53 Å². The minimum atomic E-state index is 1.03. The number of rotatable bonds is 31. The summed E-state index contributed by atoms with van der Waals surface area (Å²) in [6.45, 7) is 25.1. The van der Waals surface area contributed by atoms with Crippen LogP contribution in [0.2, 0.25) is 0 Å². The van der Waals surface area contributed by atoms with E-state index in [2.05, 4.69) is 116 Å². The zero-order valence-electron chi connectivity index (χ0n) is 41.5. The second kappa shape index (κ2) is 31.7. The Hall–Kier alpha value is -2.07. The molecule has 0 aromatic heterocycles. The van der Waals surface area contributed by atoms with Crippen LogP contribution in [0.4, 0.5) is 0 Å². The second-order valence-electron chi connectivity index (χ2n) is 17.5. The Morgan fingerprint density at radius 2 is 0.683 bits per heavy atom. The molecule has 0 spiro atoms. The Bertz CT molecular complexity index is 1520. The van der Waals surface area contributed by atoms with Crippen LogP contribution in [-0.4, -0.2) is 39.8 Å². The molecule has 0 saturated carbocycles. The molecule has 0 bridgehead atoms. The molecule has 0 saturated heterocycles. The monoisotopic (exact) mass is 869 g/mol. The van der Waals surface area contributed by atoms with Crippen LogP contribution in [0.15, 0.2) is 35.4 Å². The SMILES string of the molecule is CCCCCC1=C(c2cc(CCCC)c(CCCC)c(CCCC)c2)[N+](=[N-])C(c2cc(CCCC)c(CCCC)c(CCCC)c2)=C1CCCC.CC[N](C)[Ni][N](C)CC. The molecule has 0 radical (unpaired) electrons. The Kier molecular flexibility index (Phi) is 28.6. The number of aryl methyl sites for hydroxylation is 4. The summed E-state index contributed by atoms with van der Waals surface area (Å²) in [6.07, 6.45) is 29.5. The van der Waals surface area contributed by atoms with Crippen molar-refractivity contribution >= 4 is 11.4 Å². The average molecular weight is 870 g/mol. The standard InChI is InChI=1S/C49H78N2.2C3H8N.Ni/c1-9-17-25-33-47-46(32-24-16-8)48(42-34-38(26-18-10-2)44(30-22-14-6)39(35-42)27-19-11-3)51(50)49(47)43-36-40(28-20-12-4)45(31-23-15-7)41(37-43)29-21-13-5;2*1-3-4-2;/h34-37H,9-33H2,1-8H3;2*3H2,1-2H3;/q;2*-1;+2. The first-order chi connectivity index (χ1) is 29.1. The van der Waals surface area contributed by atoms with Crippen molar-refractivity contribution in [3.63, 3.8) is 0 Å². The van der Waals surface area contributed by atoms with Crippen LogP contribution >= 0.6 is 0 Å². The van der Waals surface area contributed by atoms with Gasteiger partial charge in [-0.1, -0.05) is 113 Å². The average Bonchev–Trinajstić information content (AvgIpc) is 3.53. The van der Waals surface area contributed by atoms with E-state index in [-0.39, 0.29) is 0 Å². The molecule has 1 heterocycles. The summed E-state index contributed by atoms with van der Waals surface area (Å²) in [5, 5.41) is 0. The van der Waals surface area contributed by atoms with Crippen LogP contribution in [0.3, 0.4) is 0 Å². The first-order valence-electron chi connectivity index (χ1n) is 25.4. The van der Waals surface area contributed by atoms with Crippen LogP contribution in [0.5, 0.6) is 0 Å². The molecule has 0 fully saturated rings. The topological polar surface area (TPSA) is 31.8 Å². The van der Waals surface area contributed by atoms with Crippen LogP contribution < -0.4 is 0 Å². The van der Waals surface area contributed by atoms with Crippen molar-refractivity contribution in [2.75, 3.05) is 27.2 Å². The van der Waals surface area contributed by atoms with Gasteiger partial charge in [-0.15, -0.1) is 0 Å². The van der Waals surface area contributed by atoms with E-state index in [1.54, 1.807) is 30.7 Å². The van der Waals surface area contributed by atoms with E-state index >= 15 is 0 Å². The number of hydrogen-bond donors (Lipinski definition) is 0. The summed E-state index contributed by atoms with van der Waals surface area (Å²) in [5.41, 5.74) is 29.6. The second-order valence-corrected chi connectivity index (χ2v) is 19.2. The van der Waals surface area contributed by atoms with Crippen LogP contribution in [0, 0.1) is 0 Å². The quantitative estimate of drug-likeness (QED) is 0.0429. The molecular weight excluding hydrogens is 775 g/mol. The van der Waals surface area contributed by atoms with Crippen LogP contribution in [-0.2, 0) is 53.4 Å². The predicted molar refractivity (Wildman–Crippen MR) is 262 cm³/mol. The van der Waals surface area contributed by atoms with E-state index in [4.69, 9.17) is 0 Å². The van der Waals surface area contributed by atoms with Gasteiger partial charge in [0.2, 0.25) is 11.4 Å². The molecule has 60 heavy (non-hydrogen) atoms. The summed E-state index contributed by atoms with van der Waals surface area (Å²) in [7, 11) is 4.21. The molecule has 2 aromatic rings. The number of unbranched alkanes of at least 4 members (excludes halogenated alkanes) is 9.